The molecule has 0 saturated carbocycles. The molecule has 118 valence electrons. The zero-order valence-corrected chi connectivity index (χ0v) is 13.4. The molecular weight excluding hydrogens is 294 g/mol. The average Bonchev–Trinajstić information content (AvgIpc) is 3.11. The van der Waals surface area contributed by atoms with Gasteiger partial charge in [0.2, 0.25) is 5.90 Å². The second-order valence-electron chi connectivity index (χ2n) is 5.37. The molecule has 2 heteroatoms. The Labute approximate surface area is 142 Å². The molecule has 4 rings (SSSR count). The van der Waals surface area contributed by atoms with Crippen LogP contribution in [0.25, 0.3) is 11.1 Å². The first kappa shape index (κ1) is 15.8. The van der Waals surface area contributed by atoms with Crippen LogP contribution in [0.2, 0.25) is 0 Å². The van der Waals surface area contributed by atoms with Crippen LogP contribution in [-0.4, -0.2) is 12.5 Å². The highest BCUT2D eigenvalue weighted by Crippen LogP contribution is 2.17. The highest BCUT2D eigenvalue weighted by Gasteiger charge is 2.11. The lowest BCUT2D eigenvalue weighted by atomic mass is 10.1. The molecule has 1 aliphatic heterocycles. The van der Waals surface area contributed by atoms with Crippen LogP contribution in [0.15, 0.2) is 108 Å². The van der Waals surface area contributed by atoms with Crippen molar-refractivity contribution in [2.24, 2.45) is 4.99 Å². The van der Waals surface area contributed by atoms with Crippen molar-refractivity contribution >= 4 is 5.90 Å². The molecular formula is C22H19NO. The molecule has 0 saturated heterocycles. The summed E-state index contributed by atoms with van der Waals surface area (Å²) >= 11 is 0. The highest BCUT2D eigenvalue weighted by atomic mass is 16.5. The molecule has 0 amide bonds. The lowest BCUT2D eigenvalue weighted by molar-refractivity contribution is 0.364. The van der Waals surface area contributed by atoms with Gasteiger partial charge in [0.05, 0.1) is 5.70 Å². The maximum Gasteiger partial charge on any atom is 0.221 e. The second kappa shape index (κ2) is 7.93. The zero-order chi connectivity index (χ0) is 16.6. The summed E-state index contributed by atoms with van der Waals surface area (Å²) < 4.78 is 5.30. The van der Waals surface area contributed by atoms with Gasteiger partial charge >= 0.3 is 0 Å². The van der Waals surface area contributed by atoms with Gasteiger partial charge in [0.1, 0.15) is 6.61 Å². The van der Waals surface area contributed by atoms with Gasteiger partial charge in [-0.3, -0.25) is 0 Å². The van der Waals surface area contributed by atoms with Crippen LogP contribution in [0, 0.1) is 0 Å². The summed E-state index contributed by atoms with van der Waals surface area (Å²) in [4.78, 5) is 4.16. The third-order valence-corrected chi connectivity index (χ3v) is 3.54. The molecule has 0 N–H and O–H groups in total. The van der Waals surface area contributed by atoms with Gasteiger partial charge in [-0.05, 0) is 23.3 Å². The maximum atomic E-state index is 5.30. The van der Waals surface area contributed by atoms with E-state index in [0.29, 0.717) is 12.5 Å². The van der Waals surface area contributed by atoms with Crippen molar-refractivity contribution < 1.29 is 4.74 Å². The Morgan fingerprint density at radius 3 is 1.42 bits per heavy atom. The predicted molar refractivity (Wildman–Crippen MR) is 99.9 cm³/mol. The minimum Gasteiger partial charge on any atom is -0.471 e. The Kier molecular flexibility index (Phi) is 5.21. The Morgan fingerprint density at radius 1 is 0.625 bits per heavy atom. The number of hydrogen-bond acceptors (Lipinski definition) is 2. The standard InChI is InChI=1S/C12H10.C10H9NO/c1-3-7-11(8-4-1)12-9-5-2-6-10-12;1-8-7-12-10(11-8)9-5-3-2-4-6-9/h1-10H;2-6H,1,7H2. The van der Waals surface area contributed by atoms with Crippen LogP contribution in [0.1, 0.15) is 5.56 Å². The van der Waals surface area contributed by atoms with E-state index in [2.05, 4.69) is 60.1 Å². The van der Waals surface area contributed by atoms with Gasteiger partial charge in [0.15, 0.2) is 0 Å². The number of nitrogens with zero attached hydrogens (tertiary/aromatic N) is 1. The number of hydrogen-bond donors (Lipinski definition) is 0. The Balaban J connectivity index is 0.000000141. The van der Waals surface area contributed by atoms with Gasteiger partial charge in [-0.1, -0.05) is 85.4 Å². The highest BCUT2D eigenvalue weighted by molar-refractivity contribution is 5.95. The van der Waals surface area contributed by atoms with E-state index < -0.39 is 0 Å². The molecule has 0 aliphatic carbocycles. The van der Waals surface area contributed by atoms with Gasteiger partial charge in [0.25, 0.3) is 0 Å². The Morgan fingerprint density at radius 2 is 1.04 bits per heavy atom. The smallest absolute Gasteiger partial charge is 0.221 e. The van der Waals surface area contributed by atoms with E-state index in [1.54, 1.807) is 0 Å². The van der Waals surface area contributed by atoms with Crippen molar-refractivity contribution in [1.29, 1.82) is 0 Å². The molecule has 0 atom stereocenters. The molecule has 2 nitrogen and oxygen atoms in total. The van der Waals surface area contributed by atoms with Gasteiger partial charge in [0, 0.05) is 5.56 Å². The Hall–Kier alpha value is -3.13. The Bertz CT molecular complexity index is 771. The molecule has 1 aliphatic rings. The van der Waals surface area contributed by atoms with E-state index in [-0.39, 0.29) is 0 Å². The molecule has 0 fully saturated rings. The number of ether oxygens (including phenoxy) is 1. The molecule has 0 spiro atoms. The molecule has 3 aromatic rings. The van der Waals surface area contributed by atoms with E-state index in [1.165, 1.54) is 11.1 Å². The molecule has 3 aromatic carbocycles. The largest absolute Gasteiger partial charge is 0.471 e. The molecule has 0 aromatic heterocycles. The summed E-state index contributed by atoms with van der Waals surface area (Å²) in [5, 5.41) is 0. The fraction of sp³-hybridized carbons (Fsp3) is 0.0455. The van der Waals surface area contributed by atoms with Crippen LogP contribution < -0.4 is 0 Å². The summed E-state index contributed by atoms with van der Waals surface area (Å²) in [5.74, 6) is 0.681. The van der Waals surface area contributed by atoms with Crippen molar-refractivity contribution in [2.75, 3.05) is 6.61 Å². The number of aliphatic imine (C=N–C) groups is 1. The van der Waals surface area contributed by atoms with E-state index in [9.17, 15) is 0 Å². The van der Waals surface area contributed by atoms with E-state index in [1.807, 2.05) is 42.5 Å². The maximum absolute atomic E-state index is 5.30. The number of benzene rings is 3. The van der Waals surface area contributed by atoms with E-state index >= 15 is 0 Å². The second-order valence-corrected chi connectivity index (χ2v) is 5.37. The van der Waals surface area contributed by atoms with Crippen molar-refractivity contribution in [1.82, 2.24) is 0 Å². The third kappa shape index (κ3) is 4.20. The van der Waals surface area contributed by atoms with Crippen LogP contribution >= 0.6 is 0 Å². The molecule has 0 radical (unpaired) electrons. The molecule has 0 bridgehead atoms. The van der Waals surface area contributed by atoms with Gasteiger partial charge in [-0.2, -0.15) is 0 Å². The van der Waals surface area contributed by atoms with Crippen molar-refractivity contribution in [3.05, 3.63) is 109 Å². The first-order valence-electron chi connectivity index (χ1n) is 7.88. The minimum absolute atomic E-state index is 0.518. The van der Waals surface area contributed by atoms with Crippen LogP contribution in [-0.2, 0) is 4.74 Å². The number of rotatable bonds is 2. The van der Waals surface area contributed by atoms with Gasteiger partial charge < -0.3 is 4.74 Å². The minimum atomic E-state index is 0.518. The van der Waals surface area contributed by atoms with Crippen LogP contribution in [0.4, 0.5) is 0 Å². The normalized spacial score (nSPS) is 12.7. The van der Waals surface area contributed by atoms with Crippen molar-refractivity contribution in [2.45, 2.75) is 0 Å². The molecule has 1 heterocycles. The summed E-state index contributed by atoms with van der Waals surface area (Å²) in [6.45, 7) is 4.24. The SMILES string of the molecule is C=C1COC(c2ccccc2)=N1.c1ccc(-c2ccccc2)cc1. The fourth-order valence-corrected chi connectivity index (χ4v) is 2.35. The van der Waals surface area contributed by atoms with E-state index in [0.717, 1.165) is 11.3 Å². The monoisotopic (exact) mass is 313 g/mol. The summed E-state index contributed by atoms with van der Waals surface area (Å²) in [5.41, 5.74) is 4.35. The first-order valence-corrected chi connectivity index (χ1v) is 7.88. The van der Waals surface area contributed by atoms with Gasteiger partial charge in [-0.15, -0.1) is 0 Å². The lowest BCUT2D eigenvalue weighted by Gasteiger charge is -1.98. The van der Waals surface area contributed by atoms with Crippen LogP contribution in [0.3, 0.4) is 0 Å². The van der Waals surface area contributed by atoms with Crippen molar-refractivity contribution in [3.63, 3.8) is 0 Å². The van der Waals surface area contributed by atoms with Crippen LogP contribution in [0.5, 0.6) is 0 Å². The van der Waals surface area contributed by atoms with E-state index in [4.69, 9.17) is 4.74 Å². The molecule has 24 heavy (non-hydrogen) atoms. The quantitative estimate of drug-likeness (QED) is 0.626. The van der Waals surface area contributed by atoms with Gasteiger partial charge in [-0.25, -0.2) is 4.99 Å². The molecule has 0 unspecified atom stereocenters. The summed E-state index contributed by atoms with van der Waals surface area (Å²) in [6, 6.07) is 30.6. The average molecular weight is 313 g/mol. The fourth-order valence-electron chi connectivity index (χ4n) is 2.35. The van der Waals surface area contributed by atoms with Crippen molar-refractivity contribution in [3.8, 4) is 11.1 Å². The summed E-state index contributed by atoms with van der Waals surface area (Å²) in [6.07, 6.45) is 0. The predicted octanol–water partition coefficient (Wildman–Crippen LogP) is 5.33. The zero-order valence-electron chi connectivity index (χ0n) is 13.4. The lowest BCUT2D eigenvalue weighted by Crippen LogP contribution is -1.99. The third-order valence-electron chi connectivity index (χ3n) is 3.54. The first-order chi connectivity index (χ1) is 11.8. The topological polar surface area (TPSA) is 21.6 Å². The summed E-state index contributed by atoms with van der Waals surface area (Å²) in [7, 11) is 0.